The lowest BCUT2D eigenvalue weighted by Gasteiger charge is -2.09. The molecule has 5 nitrogen and oxygen atoms in total. The highest BCUT2D eigenvalue weighted by molar-refractivity contribution is 7.21. The monoisotopic (exact) mass is 513 g/mol. The number of nitrogens with zero attached hydrogens (tertiary/aromatic N) is 1. The lowest BCUT2D eigenvalue weighted by molar-refractivity contribution is 0.103. The first kappa shape index (κ1) is 23.9. The van der Waals surface area contributed by atoms with Crippen LogP contribution < -0.4 is 15.8 Å². The Morgan fingerprint density at radius 1 is 1.00 bits per heavy atom. The van der Waals surface area contributed by atoms with Gasteiger partial charge in [0.05, 0.1) is 18.0 Å². The zero-order chi connectivity index (χ0) is 25.2. The van der Waals surface area contributed by atoms with E-state index in [4.69, 9.17) is 27.1 Å². The molecule has 0 aliphatic carbocycles. The predicted molar refractivity (Wildman–Crippen MR) is 150 cm³/mol. The van der Waals surface area contributed by atoms with Gasteiger partial charge in [0.1, 0.15) is 15.5 Å². The van der Waals surface area contributed by atoms with Crippen molar-refractivity contribution in [1.82, 2.24) is 4.98 Å². The number of amides is 1. The number of anilines is 2. The van der Waals surface area contributed by atoms with Crippen LogP contribution >= 0.6 is 22.9 Å². The molecule has 0 radical (unpaired) electrons. The number of rotatable bonds is 6. The normalized spacial score (nSPS) is 11.0. The van der Waals surface area contributed by atoms with Crippen molar-refractivity contribution in [2.75, 3.05) is 17.7 Å². The molecule has 0 aliphatic rings. The van der Waals surface area contributed by atoms with Gasteiger partial charge >= 0.3 is 0 Å². The maximum absolute atomic E-state index is 13.2. The van der Waals surface area contributed by atoms with E-state index in [-0.39, 0.29) is 5.91 Å². The Labute approximate surface area is 218 Å². The molecule has 0 aliphatic heterocycles. The molecule has 3 N–H and O–H groups in total. The van der Waals surface area contributed by atoms with Crippen LogP contribution in [-0.2, 0) is 0 Å². The Hall–Kier alpha value is -3.87. The summed E-state index contributed by atoms with van der Waals surface area (Å²) in [5, 5.41) is 4.35. The minimum absolute atomic E-state index is 0.279. The smallest absolute Gasteiger partial charge is 0.267 e. The SMILES string of the molecule is CCOc1ccc(NC(=O)c2sc3nc(-c4ccc(C)cc4)cc(-c4ccc(Cl)cc4)c3c2N)cc1. The molecule has 0 saturated heterocycles. The number of pyridine rings is 1. The van der Waals surface area contributed by atoms with Crippen LogP contribution in [0.25, 0.3) is 32.6 Å². The molecule has 0 fully saturated rings. The molecule has 5 rings (SSSR count). The number of carbonyl (C=O) groups is 1. The quantitative estimate of drug-likeness (QED) is 0.242. The van der Waals surface area contributed by atoms with Gasteiger partial charge in [0.2, 0.25) is 0 Å². The molecule has 5 aromatic rings. The minimum atomic E-state index is -0.279. The predicted octanol–water partition coefficient (Wildman–Crippen LogP) is 7.83. The van der Waals surface area contributed by atoms with Crippen molar-refractivity contribution >= 4 is 50.4 Å². The van der Waals surface area contributed by atoms with Crippen molar-refractivity contribution in [3.8, 4) is 28.1 Å². The highest BCUT2D eigenvalue weighted by Crippen LogP contribution is 2.41. The number of halogens is 1. The van der Waals surface area contributed by atoms with E-state index in [2.05, 4.69) is 24.4 Å². The van der Waals surface area contributed by atoms with Gasteiger partial charge in [0.15, 0.2) is 0 Å². The van der Waals surface area contributed by atoms with Gasteiger partial charge in [-0.05, 0) is 67.4 Å². The molecule has 2 aromatic heterocycles. The van der Waals surface area contributed by atoms with Crippen LogP contribution in [0.3, 0.4) is 0 Å². The summed E-state index contributed by atoms with van der Waals surface area (Å²) in [5.74, 6) is 0.468. The average Bonchev–Trinajstić information content (AvgIpc) is 3.22. The fourth-order valence-corrected chi connectivity index (χ4v) is 5.15. The first-order valence-electron chi connectivity index (χ1n) is 11.5. The highest BCUT2D eigenvalue weighted by atomic mass is 35.5. The number of nitrogen functional groups attached to an aromatic ring is 1. The second-order valence-electron chi connectivity index (χ2n) is 8.36. The maximum Gasteiger partial charge on any atom is 0.267 e. The van der Waals surface area contributed by atoms with Crippen molar-refractivity contribution in [1.29, 1.82) is 0 Å². The van der Waals surface area contributed by atoms with Gasteiger partial charge in [0.25, 0.3) is 5.91 Å². The fourth-order valence-electron chi connectivity index (χ4n) is 4.01. The molecule has 0 unspecified atom stereocenters. The zero-order valence-corrected chi connectivity index (χ0v) is 21.4. The molecule has 2 heterocycles. The number of hydrogen-bond acceptors (Lipinski definition) is 5. The second kappa shape index (κ2) is 10.0. The van der Waals surface area contributed by atoms with Gasteiger partial charge in [-0.2, -0.15) is 0 Å². The molecule has 1 amide bonds. The van der Waals surface area contributed by atoms with E-state index >= 15 is 0 Å². The summed E-state index contributed by atoms with van der Waals surface area (Å²) >= 11 is 7.43. The van der Waals surface area contributed by atoms with Gasteiger partial charge in [-0.25, -0.2) is 4.98 Å². The van der Waals surface area contributed by atoms with Crippen LogP contribution in [0.4, 0.5) is 11.4 Å². The number of aryl methyl sites for hydroxylation is 1. The van der Waals surface area contributed by atoms with E-state index < -0.39 is 0 Å². The Morgan fingerprint density at radius 3 is 2.33 bits per heavy atom. The van der Waals surface area contributed by atoms with Crippen molar-refractivity contribution in [3.05, 3.63) is 94.3 Å². The van der Waals surface area contributed by atoms with Gasteiger partial charge in [-0.1, -0.05) is 53.6 Å². The number of nitrogens with one attached hydrogen (secondary N) is 1. The molecule has 0 atom stereocenters. The second-order valence-corrected chi connectivity index (χ2v) is 9.80. The molecular weight excluding hydrogens is 490 g/mol. The number of benzene rings is 3. The topological polar surface area (TPSA) is 77.2 Å². The number of nitrogens with two attached hydrogens (primary N) is 1. The number of ether oxygens (including phenoxy) is 1. The molecule has 36 heavy (non-hydrogen) atoms. The summed E-state index contributed by atoms with van der Waals surface area (Å²) in [6.07, 6.45) is 0. The third-order valence-electron chi connectivity index (χ3n) is 5.83. The van der Waals surface area contributed by atoms with Crippen LogP contribution in [0.5, 0.6) is 5.75 Å². The molecule has 180 valence electrons. The lowest BCUT2D eigenvalue weighted by Crippen LogP contribution is -2.11. The van der Waals surface area contributed by atoms with Crippen molar-refractivity contribution in [2.45, 2.75) is 13.8 Å². The molecule has 3 aromatic carbocycles. The largest absolute Gasteiger partial charge is 0.494 e. The molecule has 7 heteroatoms. The Kier molecular flexibility index (Phi) is 6.63. The van der Waals surface area contributed by atoms with Crippen LogP contribution in [0.1, 0.15) is 22.2 Å². The van der Waals surface area contributed by atoms with Crippen LogP contribution in [0.2, 0.25) is 5.02 Å². The summed E-state index contributed by atoms with van der Waals surface area (Å²) in [7, 11) is 0. The summed E-state index contributed by atoms with van der Waals surface area (Å²) in [6.45, 7) is 4.56. The number of hydrogen-bond donors (Lipinski definition) is 2. The maximum atomic E-state index is 13.2. The number of thiophene rings is 1. The summed E-state index contributed by atoms with van der Waals surface area (Å²) in [4.78, 5) is 19.3. The standard InChI is InChI=1S/C29H24ClN3O2S/c1-3-35-22-14-12-21(13-15-22)32-28(34)27-26(31)25-23(18-8-10-20(30)11-9-18)16-24(33-29(25)36-27)19-6-4-17(2)5-7-19/h4-16H,3,31H2,1-2H3,(H,32,34). The molecule has 0 bridgehead atoms. The molecular formula is C29H24ClN3O2S. The zero-order valence-electron chi connectivity index (χ0n) is 19.8. The summed E-state index contributed by atoms with van der Waals surface area (Å²) in [6, 6.07) is 25.1. The van der Waals surface area contributed by atoms with Crippen LogP contribution in [0.15, 0.2) is 78.9 Å². The summed E-state index contributed by atoms with van der Waals surface area (Å²) < 4.78 is 5.48. The highest BCUT2D eigenvalue weighted by Gasteiger charge is 2.22. The van der Waals surface area contributed by atoms with E-state index in [0.29, 0.717) is 32.7 Å². The van der Waals surface area contributed by atoms with Crippen molar-refractivity contribution in [2.24, 2.45) is 0 Å². The number of carbonyl (C=O) groups excluding carboxylic acids is 1. The van der Waals surface area contributed by atoms with Gasteiger partial charge in [-0.15, -0.1) is 11.3 Å². The molecule has 0 saturated carbocycles. The first-order valence-corrected chi connectivity index (χ1v) is 12.7. The molecule has 0 spiro atoms. The first-order chi connectivity index (χ1) is 17.4. The van der Waals surface area contributed by atoms with Gasteiger partial charge in [0, 0.05) is 21.7 Å². The third kappa shape index (κ3) is 4.78. The lowest BCUT2D eigenvalue weighted by atomic mass is 9.99. The van der Waals surface area contributed by atoms with Gasteiger partial charge in [-0.3, -0.25) is 4.79 Å². The van der Waals surface area contributed by atoms with Crippen molar-refractivity contribution in [3.63, 3.8) is 0 Å². The fraction of sp³-hybridized carbons (Fsp3) is 0.103. The van der Waals surface area contributed by atoms with E-state index in [0.717, 1.165) is 33.5 Å². The minimum Gasteiger partial charge on any atom is -0.494 e. The Morgan fingerprint density at radius 2 is 1.67 bits per heavy atom. The Balaban J connectivity index is 1.60. The number of aromatic nitrogens is 1. The van der Waals surface area contributed by atoms with Crippen molar-refractivity contribution < 1.29 is 9.53 Å². The van der Waals surface area contributed by atoms with E-state index in [1.165, 1.54) is 16.9 Å². The average molecular weight is 514 g/mol. The van der Waals surface area contributed by atoms with Crippen LogP contribution in [-0.4, -0.2) is 17.5 Å². The van der Waals surface area contributed by atoms with E-state index in [9.17, 15) is 4.79 Å². The van der Waals surface area contributed by atoms with Crippen LogP contribution in [0, 0.1) is 6.92 Å². The van der Waals surface area contributed by atoms with E-state index in [1.54, 1.807) is 12.1 Å². The number of fused-ring (bicyclic) bond motifs is 1. The Bertz CT molecular complexity index is 1540. The van der Waals surface area contributed by atoms with E-state index in [1.807, 2.05) is 61.5 Å². The third-order valence-corrected chi connectivity index (χ3v) is 7.18. The van der Waals surface area contributed by atoms with Gasteiger partial charge < -0.3 is 15.8 Å². The summed E-state index contributed by atoms with van der Waals surface area (Å²) in [5.41, 5.74) is 12.5.